The van der Waals surface area contributed by atoms with E-state index in [1.807, 2.05) is 26.0 Å². The van der Waals surface area contributed by atoms with E-state index in [4.69, 9.17) is 14.9 Å². The molecule has 3 N–H and O–H groups in total. The van der Waals surface area contributed by atoms with Gasteiger partial charge in [0, 0.05) is 5.56 Å². The average Bonchev–Trinajstić information content (AvgIpc) is 2.86. The number of anilines is 1. The third-order valence-electron chi connectivity index (χ3n) is 3.03. The SMILES string of the molecule is COc1cc(C(=O)NC(C)c2ccc(C)o2)ccc1N. The summed E-state index contributed by atoms with van der Waals surface area (Å²) in [5, 5.41) is 2.87. The molecule has 2 aromatic rings. The Morgan fingerprint density at radius 2 is 2.10 bits per heavy atom. The molecule has 1 amide bonds. The van der Waals surface area contributed by atoms with E-state index >= 15 is 0 Å². The molecule has 1 atom stereocenters. The van der Waals surface area contributed by atoms with Gasteiger partial charge < -0.3 is 20.2 Å². The van der Waals surface area contributed by atoms with Crippen LogP contribution >= 0.6 is 0 Å². The van der Waals surface area contributed by atoms with E-state index in [2.05, 4.69) is 5.32 Å². The molecule has 1 aromatic heterocycles. The van der Waals surface area contributed by atoms with Gasteiger partial charge in [-0.05, 0) is 44.2 Å². The van der Waals surface area contributed by atoms with E-state index in [0.717, 1.165) is 11.5 Å². The minimum atomic E-state index is -0.209. The van der Waals surface area contributed by atoms with Crippen molar-refractivity contribution in [2.24, 2.45) is 0 Å². The first-order valence-corrected chi connectivity index (χ1v) is 6.32. The normalized spacial score (nSPS) is 11.9. The van der Waals surface area contributed by atoms with Crippen molar-refractivity contribution in [3.63, 3.8) is 0 Å². The highest BCUT2D eigenvalue weighted by Gasteiger charge is 2.15. The van der Waals surface area contributed by atoms with E-state index < -0.39 is 0 Å². The van der Waals surface area contributed by atoms with Crippen LogP contribution < -0.4 is 15.8 Å². The summed E-state index contributed by atoms with van der Waals surface area (Å²) in [6.07, 6.45) is 0. The van der Waals surface area contributed by atoms with Crippen LogP contribution in [0.5, 0.6) is 5.75 Å². The topological polar surface area (TPSA) is 77.5 Å². The average molecular weight is 274 g/mol. The minimum absolute atomic E-state index is 0.204. The second kappa shape index (κ2) is 5.69. The number of aryl methyl sites for hydroxylation is 1. The maximum Gasteiger partial charge on any atom is 0.251 e. The van der Waals surface area contributed by atoms with Crippen LogP contribution in [-0.2, 0) is 0 Å². The second-order valence-electron chi connectivity index (χ2n) is 4.60. The number of rotatable bonds is 4. The van der Waals surface area contributed by atoms with Crippen molar-refractivity contribution in [2.75, 3.05) is 12.8 Å². The fourth-order valence-electron chi connectivity index (χ4n) is 1.89. The van der Waals surface area contributed by atoms with Crippen LogP contribution in [0.3, 0.4) is 0 Å². The summed E-state index contributed by atoms with van der Waals surface area (Å²) in [4.78, 5) is 12.2. The molecule has 0 saturated carbocycles. The van der Waals surface area contributed by atoms with Gasteiger partial charge in [0.15, 0.2) is 0 Å². The van der Waals surface area contributed by atoms with Crippen LogP contribution in [0.2, 0.25) is 0 Å². The number of amides is 1. The second-order valence-corrected chi connectivity index (χ2v) is 4.60. The Morgan fingerprint density at radius 1 is 1.35 bits per heavy atom. The molecule has 1 aromatic carbocycles. The number of carbonyl (C=O) groups is 1. The first kappa shape index (κ1) is 14.0. The summed E-state index contributed by atoms with van der Waals surface area (Å²) < 4.78 is 10.6. The molecule has 106 valence electrons. The van der Waals surface area contributed by atoms with E-state index in [1.54, 1.807) is 18.2 Å². The lowest BCUT2D eigenvalue weighted by molar-refractivity contribution is 0.0935. The number of carbonyl (C=O) groups excluding carboxylic acids is 1. The van der Waals surface area contributed by atoms with Gasteiger partial charge in [-0.2, -0.15) is 0 Å². The van der Waals surface area contributed by atoms with Gasteiger partial charge in [0.25, 0.3) is 5.91 Å². The Hall–Kier alpha value is -2.43. The molecule has 0 fully saturated rings. The van der Waals surface area contributed by atoms with Crippen LogP contribution in [0.15, 0.2) is 34.7 Å². The van der Waals surface area contributed by atoms with Gasteiger partial charge in [-0.3, -0.25) is 4.79 Å². The summed E-state index contributed by atoms with van der Waals surface area (Å²) in [6.45, 7) is 3.73. The Kier molecular flexibility index (Phi) is 3.98. The Bertz CT molecular complexity index is 619. The zero-order valence-electron chi connectivity index (χ0n) is 11.8. The molecule has 0 bridgehead atoms. The number of hydrogen-bond donors (Lipinski definition) is 2. The van der Waals surface area contributed by atoms with Crippen molar-refractivity contribution in [1.82, 2.24) is 5.32 Å². The number of benzene rings is 1. The molecule has 5 nitrogen and oxygen atoms in total. The molecule has 5 heteroatoms. The number of hydrogen-bond acceptors (Lipinski definition) is 4. The van der Waals surface area contributed by atoms with Crippen molar-refractivity contribution >= 4 is 11.6 Å². The van der Waals surface area contributed by atoms with Crippen LogP contribution in [0, 0.1) is 6.92 Å². The smallest absolute Gasteiger partial charge is 0.251 e. The molecular formula is C15H18N2O3. The lowest BCUT2D eigenvalue weighted by Gasteiger charge is -2.12. The van der Waals surface area contributed by atoms with Gasteiger partial charge in [-0.25, -0.2) is 0 Å². The molecule has 0 spiro atoms. The minimum Gasteiger partial charge on any atom is -0.495 e. The van der Waals surface area contributed by atoms with E-state index in [9.17, 15) is 4.79 Å². The molecule has 0 saturated heterocycles. The molecule has 0 radical (unpaired) electrons. The van der Waals surface area contributed by atoms with Crippen LogP contribution in [0.4, 0.5) is 5.69 Å². The van der Waals surface area contributed by atoms with Crippen molar-refractivity contribution < 1.29 is 13.9 Å². The third kappa shape index (κ3) is 2.93. The third-order valence-corrected chi connectivity index (χ3v) is 3.03. The maximum absolute atomic E-state index is 12.2. The lowest BCUT2D eigenvalue weighted by atomic mass is 10.1. The van der Waals surface area contributed by atoms with Crippen molar-refractivity contribution in [3.8, 4) is 5.75 Å². The van der Waals surface area contributed by atoms with Gasteiger partial charge in [0.1, 0.15) is 17.3 Å². The number of furan rings is 1. The van der Waals surface area contributed by atoms with E-state index in [-0.39, 0.29) is 11.9 Å². The molecule has 0 aliphatic heterocycles. The van der Waals surface area contributed by atoms with Crippen molar-refractivity contribution in [1.29, 1.82) is 0 Å². The lowest BCUT2D eigenvalue weighted by Crippen LogP contribution is -2.26. The number of nitrogens with one attached hydrogen (secondary N) is 1. The Labute approximate surface area is 117 Å². The predicted octanol–water partition coefficient (Wildman–Crippen LogP) is 2.67. The molecular weight excluding hydrogens is 256 g/mol. The first-order valence-electron chi connectivity index (χ1n) is 6.32. The molecule has 0 aliphatic carbocycles. The van der Waals surface area contributed by atoms with Gasteiger partial charge in [-0.1, -0.05) is 0 Å². The van der Waals surface area contributed by atoms with Gasteiger partial charge in [0.2, 0.25) is 0 Å². The summed E-state index contributed by atoms with van der Waals surface area (Å²) in [5.74, 6) is 1.82. The van der Waals surface area contributed by atoms with Crippen LogP contribution in [0.25, 0.3) is 0 Å². The van der Waals surface area contributed by atoms with Crippen LogP contribution in [0.1, 0.15) is 34.8 Å². The van der Waals surface area contributed by atoms with E-state index in [0.29, 0.717) is 17.0 Å². The number of methoxy groups -OCH3 is 1. The molecule has 20 heavy (non-hydrogen) atoms. The van der Waals surface area contributed by atoms with Crippen molar-refractivity contribution in [2.45, 2.75) is 19.9 Å². The van der Waals surface area contributed by atoms with Gasteiger partial charge in [-0.15, -0.1) is 0 Å². The first-order chi connectivity index (χ1) is 9.51. The zero-order valence-corrected chi connectivity index (χ0v) is 11.8. The highest BCUT2D eigenvalue weighted by molar-refractivity contribution is 5.95. The standard InChI is InChI=1S/C15H18N2O3/c1-9-4-7-13(20-9)10(2)17-15(18)11-5-6-12(16)14(8-11)19-3/h4-8,10H,16H2,1-3H3,(H,17,18). The Morgan fingerprint density at radius 3 is 2.70 bits per heavy atom. The summed E-state index contributed by atoms with van der Waals surface area (Å²) >= 11 is 0. The highest BCUT2D eigenvalue weighted by atomic mass is 16.5. The number of ether oxygens (including phenoxy) is 1. The molecule has 2 rings (SSSR count). The quantitative estimate of drug-likeness (QED) is 0.840. The van der Waals surface area contributed by atoms with Gasteiger partial charge in [0.05, 0.1) is 18.8 Å². The number of nitrogen functional groups attached to an aromatic ring is 1. The van der Waals surface area contributed by atoms with Gasteiger partial charge >= 0.3 is 0 Å². The summed E-state index contributed by atoms with van der Waals surface area (Å²) in [6, 6.07) is 8.43. The molecule has 1 unspecified atom stereocenters. The predicted molar refractivity (Wildman–Crippen MR) is 76.7 cm³/mol. The monoisotopic (exact) mass is 274 g/mol. The molecule has 1 heterocycles. The Balaban J connectivity index is 2.12. The number of nitrogens with two attached hydrogens (primary N) is 1. The largest absolute Gasteiger partial charge is 0.495 e. The highest BCUT2D eigenvalue weighted by Crippen LogP contribution is 2.23. The molecule has 0 aliphatic rings. The fraction of sp³-hybridized carbons (Fsp3) is 0.267. The zero-order chi connectivity index (χ0) is 14.7. The van der Waals surface area contributed by atoms with Crippen LogP contribution in [-0.4, -0.2) is 13.0 Å². The van der Waals surface area contributed by atoms with Crippen molar-refractivity contribution in [3.05, 3.63) is 47.4 Å². The summed E-state index contributed by atoms with van der Waals surface area (Å²) in [7, 11) is 1.52. The maximum atomic E-state index is 12.2. The van der Waals surface area contributed by atoms with E-state index in [1.165, 1.54) is 7.11 Å². The fourth-order valence-corrected chi connectivity index (χ4v) is 1.89. The summed E-state index contributed by atoms with van der Waals surface area (Å²) in [5.41, 5.74) is 6.71.